The smallest absolute Gasteiger partial charge is 0.423 e. The monoisotopic (exact) mass is 464 g/mol. The van der Waals surface area contributed by atoms with Gasteiger partial charge in [-0.1, -0.05) is 26.7 Å². The van der Waals surface area contributed by atoms with Crippen molar-refractivity contribution in [1.82, 2.24) is 9.55 Å². The SMILES string of the molecule is C#CCO[C@H]1C[C@H](n2cc(C(F)(F)F)c(=O)[nH]c2=O)O[C@@H]1COC(=O)SCC(C)(C)C. The van der Waals surface area contributed by atoms with E-state index in [-0.39, 0.29) is 25.0 Å². The van der Waals surface area contributed by atoms with E-state index in [1.165, 1.54) is 0 Å². The van der Waals surface area contributed by atoms with Crippen LogP contribution >= 0.6 is 11.8 Å². The predicted molar refractivity (Wildman–Crippen MR) is 107 cm³/mol. The highest BCUT2D eigenvalue weighted by Gasteiger charge is 2.40. The number of thioether (sulfide) groups is 1. The Hall–Kier alpha value is -2.23. The Morgan fingerprint density at radius 2 is 2.06 bits per heavy atom. The molecule has 1 fully saturated rings. The molecule has 0 spiro atoms. The van der Waals surface area contributed by atoms with E-state index >= 15 is 0 Å². The Kier molecular flexibility index (Phi) is 8.02. The van der Waals surface area contributed by atoms with Crippen LogP contribution in [0.1, 0.15) is 39.0 Å². The molecule has 1 aliphatic rings. The zero-order valence-corrected chi connectivity index (χ0v) is 18.0. The van der Waals surface area contributed by atoms with Gasteiger partial charge in [-0.3, -0.25) is 14.3 Å². The van der Waals surface area contributed by atoms with Crippen LogP contribution in [0.2, 0.25) is 0 Å². The van der Waals surface area contributed by atoms with E-state index in [2.05, 4.69) is 5.92 Å². The topological polar surface area (TPSA) is 99.6 Å². The summed E-state index contributed by atoms with van der Waals surface area (Å²) in [5, 5.41) is -0.543. The maximum Gasteiger partial charge on any atom is 0.423 e. The maximum atomic E-state index is 13.1. The number of aromatic amines is 1. The fourth-order valence-electron chi connectivity index (χ4n) is 2.72. The minimum absolute atomic E-state index is 0.0394. The molecule has 1 aromatic rings. The van der Waals surface area contributed by atoms with Crippen LogP contribution in [0, 0.1) is 17.8 Å². The molecule has 172 valence electrons. The average Bonchev–Trinajstić information content (AvgIpc) is 3.04. The van der Waals surface area contributed by atoms with Crippen LogP contribution in [0.3, 0.4) is 0 Å². The third-order valence-electron chi connectivity index (χ3n) is 4.13. The second kappa shape index (κ2) is 9.93. The molecule has 31 heavy (non-hydrogen) atoms. The van der Waals surface area contributed by atoms with Crippen molar-refractivity contribution in [2.45, 2.75) is 51.8 Å². The molecule has 0 bridgehead atoms. The molecule has 1 saturated heterocycles. The second-order valence-electron chi connectivity index (χ2n) is 8.04. The molecule has 0 radical (unpaired) electrons. The fourth-order valence-corrected chi connectivity index (χ4v) is 3.42. The van der Waals surface area contributed by atoms with Crippen LogP contribution in [0.15, 0.2) is 15.8 Å². The Morgan fingerprint density at radius 3 is 2.65 bits per heavy atom. The summed E-state index contributed by atoms with van der Waals surface area (Å²) in [7, 11) is 0. The standard InChI is InChI=1S/C19H23F3N2O6S/c1-5-6-28-12-7-14(24-8-11(19(20,21)22)15(25)23-16(24)26)30-13(12)9-29-17(27)31-10-18(2,3)4/h1,8,12-14H,6-7,9-10H2,2-4H3,(H,23,25,26)/t12-,13+,14+/m0/s1. The molecule has 0 aliphatic carbocycles. The van der Waals surface area contributed by atoms with Crippen molar-refractivity contribution < 1.29 is 32.2 Å². The summed E-state index contributed by atoms with van der Waals surface area (Å²) in [5.41, 5.74) is -4.26. The number of H-pyrrole nitrogens is 1. The molecular formula is C19H23F3N2O6S. The van der Waals surface area contributed by atoms with Crippen molar-refractivity contribution in [1.29, 1.82) is 0 Å². The molecule has 1 N–H and O–H groups in total. The molecule has 3 atom stereocenters. The van der Waals surface area contributed by atoms with E-state index < -0.39 is 46.7 Å². The number of hydrogen-bond donors (Lipinski definition) is 1. The van der Waals surface area contributed by atoms with Gasteiger partial charge in [0.2, 0.25) is 0 Å². The first-order chi connectivity index (χ1) is 14.3. The van der Waals surface area contributed by atoms with E-state index in [0.29, 0.717) is 16.5 Å². The van der Waals surface area contributed by atoms with E-state index in [1.54, 1.807) is 4.98 Å². The van der Waals surface area contributed by atoms with Gasteiger partial charge in [0.05, 0.1) is 6.10 Å². The molecular weight excluding hydrogens is 441 g/mol. The number of hydrogen-bond acceptors (Lipinski definition) is 7. The van der Waals surface area contributed by atoms with Gasteiger partial charge in [-0.05, 0) is 17.2 Å². The van der Waals surface area contributed by atoms with Crippen LogP contribution in [-0.2, 0) is 20.4 Å². The third-order valence-corrected chi connectivity index (χ3v) is 5.50. The molecule has 0 amide bonds. The van der Waals surface area contributed by atoms with Crippen LogP contribution < -0.4 is 11.2 Å². The summed E-state index contributed by atoms with van der Waals surface area (Å²) < 4.78 is 56.1. The molecule has 1 aliphatic heterocycles. The lowest BCUT2D eigenvalue weighted by atomic mass is 10.0. The van der Waals surface area contributed by atoms with Gasteiger partial charge in [0.1, 0.15) is 31.1 Å². The van der Waals surface area contributed by atoms with Crippen LogP contribution in [-0.4, -0.2) is 46.0 Å². The molecule has 0 aromatic carbocycles. The number of nitrogens with zero attached hydrogens (tertiary/aromatic N) is 1. The Morgan fingerprint density at radius 1 is 1.39 bits per heavy atom. The summed E-state index contributed by atoms with van der Waals surface area (Å²) in [6, 6.07) is 0. The summed E-state index contributed by atoms with van der Waals surface area (Å²) >= 11 is 0.982. The summed E-state index contributed by atoms with van der Waals surface area (Å²) in [6.45, 7) is 5.51. The van der Waals surface area contributed by atoms with E-state index in [9.17, 15) is 27.6 Å². The largest absolute Gasteiger partial charge is 0.455 e. The highest BCUT2D eigenvalue weighted by molar-refractivity contribution is 8.13. The number of carbonyl (C=O) groups excluding carboxylic acids is 1. The first-order valence-corrected chi connectivity index (χ1v) is 10.2. The van der Waals surface area contributed by atoms with Crippen molar-refractivity contribution in [2.24, 2.45) is 5.41 Å². The molecule has 0 unspecified atom stereocenters. The highest BCUT2D eigenvalue weighted by atomic mass is 32.2. The third kappa shape index (κ3) is 7.15. The number of halogens is 3. The van der Waals surface area contributed by atoms with Gasteiger partial charge in [0.15, 0.2) is 0 Å². The summed E-state index contributed by atoms with van der Waals surface area (Å²) in [6.07, 6.45) is -2.20. The molecule has 0 saturated carbocycles. The molecule has 2 rings (SSSR count). The number of rotatable bonds is 6. The molecule has 12 heteroatoms. The Labute approximate surface area is 180 Å². The van der Waals surface area contributed by atoms with Crippen LogP contribution in [0.4, 0.5) is 18.0 Å². The zero-order valence-electron chi connectivity index (χ0n) is 17.2. The summed E-state index contributed by atoms with van der Waals surface area (Å²) in [4.78, 5) is 37.2. The van der Waals surface area contributed by atoms with Crippen molar-refractivity contribution in [2.75, 3.05) is 19.0 Å². The minimum Gasteiger partial charge on any atom is -0.455 e. The van der Waals surface area contributed by atoms with E-state index in [0.717, 1.165) is 11.8 Å². The molecule has 1 aromatic heterocycles. The van der Waals surface area contributed by atoms with Gasteiger partial charge in [-0.15, -0.1) is 6.42 Å². The Balaban J connectivity index is 2.16. The van der Waals surface area contributed by atoms with Gasteiger partial charge in [-0.2, -0.15) is 13.2 Å². The number of aromatic nitrogens is 2. The normalized spacial score (nSPS) is 21.6. The van der Waals surface area contributed by atoms with Gasteiger partial charge in [0.25, 0.3) is 5.56 Å². The summed E-state index contributed by atoms with van der Waals surface area (Å²) in [5.74, 6) is 2.78. The first kappa shape index (κ1) is 25.0. The highest BCUT2D eigenvalue weighted by Crippen LogP contribution is 2.32. The van der Waals surface area contributed by atoms with Crippen LogP contribution in [0.5, 0.6) is 0 Å². The zero-order chi connectivity index (χ0) is 23.4. The molecule has 2 heterocycles. The predicted octanol–water partition coefficient (Wildman–Crippen LogP) is 2.78. The lowest BCUT2D eigenvalue weighted by molar-refractivity contribution is -0.139. The molecule has 8 nitrogen and oxygen atoms in total. The second-order valence-corrected chi connectivity index (χ2v) is 8.95. The van der Waals surface area contributed by atoms with Gasteiger partial charge >= 0.3 is 17.2 Å². The lowest BCUT2D eigenvalue weighted by Crippen LogP contribution is -2.36. The number of nitrogens with one attached hydrogen (secondary N) is 1. The number of carbonyl (C=O) groups is 1. The lowest BCUT2D eigenvalue weighted by Gasteiger charge is -2.19. The first-order valence-electron chi connectivity index (χ1n) is 9.24. The van der Waals surface area contributed by atoms with Crippen molar-refractivity contribution in [3.05, 3.63) is 32.6 Å². The van der Waals surface area contributed by atoms with E-state index in [4.69, 9.17) is 20.6 Å². The fraction of sp³-hybridized carbons (Fsp3) is 0.632. The number of alkyl halides is 3. The van der Waals surface area contributed by atoms with Crippen molar-refractivity contribution >= 4 is 17.1 Å². The average molecular weight is 464 g/mol. The minimum atomic E-state index is -4.96. The quantitative estimate of drug-likeness (QED) is 0.511. The van der Waals surface area contributed by atoms with Gasteiger partial charge in [0, 0.05) is 18.4 Å². The maximum absolute atomic E-state index is 13.1. The van der Waals surface area contributed by atoms with Gasteiger partial charge < -0.3 is 14.2 Å². The Bertz CT molecular complexity index is 944. The number of terminal acetylenes is 1. The van der Waals surface area contributed by atoms with Crippen LogP contribution in [0.25, 0.3) is 0 Å². The van der Waals surface area contributed by atoms with Gasteiger partial charge in [-0.25, -0.2) is 9.59 Å². The van der Waals surface area contributed by atoms with Crippen molar-refractivity contribution in [3.63, 3.8) is 0 Å². The number of ether oxygens (including phenoxy) is 3. The van der Waals surface area contributed by atoms with E-state index in [1.807, 2.05) is 20.8 Å². The van der Waals surface area contributed by atoms with Crippen molar-refractivity contribution in [3.8, 4) is 12.3 Å².